The summed E-state index contributed by atoms with van der Waals surface area (Å²) in [5, 5.41) is 7.57. The van der Waals surface area contributed by atoms with E-state index >= 15 is 0 Å². The van der Waals surface area contributed by atoms with Crippen LogP contribution < -0.4 is 5.56 Å². The van der Waals surface area contributed by atoms with Gasteiger partial charge in [-0.25, -0.2) is 0 Å². The van der Waals surface area contributed by atoms with Crippen molar-refractivity contribution in [3.8, 4) is 11.1 Å². The second kappa shape index (κ2) is 4.33. The van der Waals surface area contributed by atoms with Crippen molar-refractivity contribution in [2.24, 2.45) is 0 Å². The maximum Gasteiger partial charge on any atom is 0.257 e. The zero-order valence-corrected chi connectivity index (χ0v) is 9.74. The standard InChI is InChI=1S/C13H13N3O/c1-8(14)11-7-12(9(2)16-13(11)17)10-3-5-15-6-4-10/h3-7,14H,1-2H3,(H,16,17). The molecule has 4 heteroatoms. The highest BCUT2D eigenvalue weighted by Gasteiger charge is 2.08. The molecule has 86 valence electrons. The third-order valence-corrected chi connectivity index (χ3v) is 2.63. The van der Waals surface area contributed by atoms with Gasteiger partial charge in [-0.2, -0.15) is 0 Å². The molecule has 17 heavy (non-hydrogen) atoms. The number of aryl methyl sites for hydroxylation is 1. The highest BCUT2D eigenvalue weighted by Crippen LogP contribution is 2.20. The van der Waals surface area contributed by atoms with Gasteiger partial charge in [0.05, 0.1) is 5.56 Å². The molecule has 0 saturated carbocycles. The Bertz CT molecular complexity index is 614. The molecule has 0 atom stereocenters. The average Bonchev–Trinajstić information content (AvgIpc) is 2.29. The van der Waals surface area contributed by atoms with Crippen LogP contribution in [-0.2, 0) is 0 Å². The van der Waals surface area contributed by atoms with Gasteiger partial charge in [-0.3, -0.25) is 9.78 Å². The van der Waals surface area contributed by atoms with E-state index in [2.05, 4.69) is 9.97 Å². The van der Waals surface area contributed by atoms with E-state index in [0.717, 1.165) is 16.8 Å². The SMILES string of the molecule is CC(=N)c1cc(-c2ccncc2)c(C)[nH]c1=O. The molecule has 0 radical (unpaired) electrons. The smallest absolute Gasteiger partial charge is 0.257 e. The van der Waals surface area contributed by atoms with Crippen molar-refractivity contribution in [2.45, 2.75) is 13.8 Å². The molecule has 0 fully saturated rings. The van der Waals surface area contributed by atoms with Crippen molar-refractivity contribution in [3.05, 3.63) is 52.2 Å². The predicted molar refractivity (Wildman–Crippen MR) is 67.5 cm³/mol. The van der Waals surface area contributed by atoms with Crippen LogP contribution in [0.4, 0.5) is 0 Å². The van der Waals surface area contributed by atoms with E-state index in [4.69, 9.17) is 5.41 Å². The molecule has 0 amide bonds. The van der Waals surface area contributed by atoms with E-state index in [9.17, 15) is 4.79 Å². The molecule has 2 heterocycles. The fraction of sp³-hybridized carbons (Fsp3) is 0.154. The summed E-state index contributed by atoms with van der Waals surface area (Å²) >= 11 is 0. The van der Waals surface area contributed by atoms with Crippen LogP contribution in [0.3, 0.4) is 0 Å². The highest BCUT2D eigenvalue weighted by molar-refractivity contribution is 5.97. The minimum atomic E-state index is -0.215. The summed E-state index contributed by atoms with van der Waals surface area (Å²) in [7, 11) is 0. The van der Waals surface area contributed by atoms with Crippen LogP contribution in [-0.4, -0.2) is 15.7 Å². The molecule has 0 unspecified atom stereocenters. The molecule has 0 saturated heterocycles. The normalized spacial score (nSPS) is 10.2. The summed E-state index contributed by atoms with van der Waals surface area (Å²) in [6, 6.07) is 5.51. The maximum absolute atomic E-state index is 11.7. The van der Waals surface area contributed by atoms with Gasteiger partial charge in [-0.05, 0) is 37.6 Å². The summed E-state index contributed by atoms with van der Waals surface area (Å²) in [6.07, 6.45) is 3.41. The number of nitrogens with one attached hydrogen (secondary N) is 2. The third-order valence-electron chi connectivity index (χ3n) is 2.63. The molecule has 4 nitrogen and oxygen atoms in total. The number of rotatable bonds is 2. The summed E-state index contributed by atoms with van der Waals surface area (Å²) in [4.78, 5) is 18.4. The van der Waals surface area contributed by atoms with Gasteiger partial charge in [0, 0.05) is 29.4 Å². The molecule has 0 aliphatic rings. The van der Waals surface area contributed by atoms with Crippen molar-refractivity contribution in [1.29, 1.82) is 5.41 Å². The van der Waals surface area contributed by atoms with Gasteiger partial charge in [0.25, 0.3) is 5.56 Å². The Morgan fingerprint density at radius 3 is 2.59 bits per heavy atom. The molecule has 0 aliphatic heterocycles. The number of hydrogen-bond donors (Lipinski definition) is 2. The lowest BCUT2D eigenvalue weighted by atomic mass is 10.0. The zero-order valence-electron chi connectivity index (χ0n) is 9.74. The molecule has 2 aromatic rings. The van der Waals surface area contributed by atoms with Gasteiger partial charge in [0.2, 0.25) is 0 Å². The average molecular weight is 227 g/mol. The lowest BCUT2D eigenvalue weighted by Gasteiger charge is -2.07. The van der Waals surface area contributed by atoms with Gasteiger partial charge in [0.1, 0.15) is 0 Å². The molecule has 0 aliphatic carbocycles. The minimum Gasteiger partial charge on any atom is -0.325 e. The summed E-state index contributed by atoms with van der Waals surface area (Å²) in [5.74, 6) is 0. The Balaban J connectivity index is 2.67. The van der Waals surface area contributed by atoms with E-state index in [-0.39, 0.29) is 11.3 Å². The summed E-state index contributed by atoms with van der Waals surface area (Å²) in [5.41, 5.74) is 3.16. The molecule has 0 bridgehead atoms. The Kier molecular flexibility index (Phi) is 2.87. The Morgan fingerprint density at radius 2 is 2.00 bits per heavy atom. The number of aromatic nitrogens is 2. The first-order valence-electron chi connectivity index (χ1n) is 5.29. The fourth-order valence-corrected chi connectivity index (χ4v) is 1.73. The number of aromatic amines is 1. The van der Waals surface area contributed by atoms with E-state index < -0.39 is 0 Å². The van der Waals surface area contributed by atoms with Gasteiger partial charge in [0.15, 0.2) is 0 Å². The van der Waals surface area contributed by atoms with Crippen LogP contribution in [0.25, 0.3) is 11.1 Å². The van der Waals surface area contributed by atoms with Crippen LogP contribution in [0.15, 0.2) is 35.4 Å². The van der Waals surface area contributed by atoms with Crippen LogP contribution in [0.2, 0.25) is 0 Å². The van der Waals surface area contributed by atoms with Crippen LogP contribution in [0.1, 0.15) is 18.2 Å². The van der Waals surface area contributed by atoms with E-state index in [1.54, 1.807) is 25.4 Å². The first-order valence-corrected chi connectivity index (χ1v) is 5.29. The van der Waals surface area contributed by atoms with Crippen molar-refractivity contribution in [1.82, 2.24) is 9.97 Å². The molecule has 0 spiro atoms. The van der Waals surface area contributed by atoms with Crippen LogP contribution in [0.5, 0.6) is 0 Å². The van der Waals surface area contributed by atoms with Crippen molar-refractivity contribution >= 4 is 5.71 Å². The Labute approximate surface area is 98.9 Å². The molecular formula is C13H13N3O. The summed E-state index contributed by atoms with van der Waals surface area (Å²) < 4.78 is 0. The van der Waals surface area contributed by atoms with Gasteiger partial charge in [-0.15, -0.1) is 0 Å². The van der Waals surface area contributed by atoms with E-state index in [1.807, 2.05) is 19.1 Å². The molecule has 2 rings (SSSR count). The molecular weight excluding hydrogens is 214 g/mol. The van der Waals surface area contributed by atoms with E-state index in [1.165, 1.54) is 0 Å². The number of pyridine rings is 2. The minimum absolute atomic E-state index is 0.215. The number of hydrogen-bond acceptors (Lipinski definition) is 3. The quantitative estimate of drug-likeness (QED) is 0.771. The second-order valence-corrected chi connectivity index (χ2v) is 3.91. The largest absolute Gasteiger partial charge is 0.325 e. The predicted octanol–water partition coefficient (Wildman–Crippen LogP) is 2.13. The third kappa shape index (κ3) is 2.15. The molecule has 0 aromatic carbocycles. The Hall–Kier alpha value is -2.23. The molecule has 2 aromatic heterocycles. The Morgan fingerprint density at radius 1 is 1.35 bits per heavy atom. The zero-order chi connectivity index (χ0) is 12.4. The lowest BCUT2D eigenvalue weighted by molar-refractivity contribution is 1.13. The first-order chi connectivity index (χ1) is 8.09. The van der Waals surface area contributed by atoms with Crippen LogP contribution in [0, 0.1) is 12.3 Å². The van der Waals surface area contributed by atoms with Crippen LogP contribution >= 0.6 is 0 Å². The second-order valence-electron chi connectivity index (χ2n) is 3.91. The van der Waals surface area contributed by atoms with Crippen molar-refractivity contribution in [3.63, 3.8) is 0 Å². The van der Waals surface area contributed by atoms with Crippen molar-refractivity contribution < 1.29 is 0 Å². The monoisotopic (exact) mass is 227 g/mol. The fourth-order valence-electron chi connectivity index (χ4n) is 1.73. The van der Waals surface area contributed by atoms with Gasteiger partial charge < -0.3 is 10.4 Å². The topological polar surface area (TPSA) is 69.6 Å². The lowest BCUT2D eigenvalue weighted by Crippen LogP contribution is -2.17. The van der Waals surface area contributed by atoms with Crippen molar-refractivity contribution in [2.75, 3.05) is 0 Å². The van der Waals surface area contributed by atoms with Gasteiger partial charge >= 0.3 is 0 Å². The molecule has 2 N–H and O–H groups in total. The first kappa shape index (κ1) is 11.3. The number of nitrogens with zero attached hydrogens (tertiary/aromatic N) is 1. The number of H-pyrrole nitrogens is 1. The van der Waals surface area contributed by atoms with Gasteiger partial charge in [-0.1, -0.05) is 0 Å². The summed E-state index contributed by atoms with van der Waals surface area (Å²) in [6.45, 7) is 3.45. The maximum atomic E-state index is 11.7. The highest BCUT2D eigenvalue weighted by atomic mass is 16.1. The van der Waals surface area contributed by atoms with E-state index in [0.29, 0.717) is 5.56 Å².